The number of aromatic nitrogens is 2. The molecule has 0 aliphatic heterocycles. The molecule has 124 valence electrons. The van der Waals surface area contributed by atoms with Crippen LogP contribution in [0.3, 0.4) is 0 Å². The Balaban J connectivity index is 1.94. The first-order chi connectivity index (χ1) is 11.5. The highest BCUT2D eigenvalue weighted by atomic mass is 79.9. The summed E-state index contributed by atoms with van der Waals surface area (Å²) in [4.78, 5) is 33.6. The molecule has 0 aliphatic rings. The number of H-pyrrole nitrogens is 1. The number of aromatic amines is 1. The van der Waals surface area contributed by atoms with Crippen LogP contribution in [0, 0.1) is 0 Å². The van der Waals surface area contributed by atoms with Crippen molar-refractivity contribution in [1.82, 2.24) is 14.9 Å². The Labute approximate surface area is 146 Å². The summed E-state index contributed by atoms with van der Waals surface area (Å²) in [6, 6.07) is 10.3. The number of rotatable bonds is 4. The van der Waals surface area contributed by atoms with Gasteiger partial charge < -0.3 is 14.3 Å². The van der Waals surface area contributed by atoms with Crippen LogP contribution >= 0.6 is 15.9 Å². The van der Waals surface area contributed by atoms with E-state index in [2.05, 4.69) is 25.9 Å². The molecule has 6 nitrogen and oxygen atoms in total. The van der Waals surface area contributed by atoms with Crippen LogP contribution in [-0.2, 0) is 6.54 Å². The van der Waals surface area contributed by atoms with E-state index in [1.807, 2.05) is 19.9 Å². The van der Waals surface area contributed by atoms with Gasteiger partial charge in [-0.25, -0.2) is 4.98 Å². The number of nitrogens with one attached hydrogen (secondary N) is 1. The van der Waals surface area contributed by atoms with Gasteiger partial charge in [0.1, 0.15) is 5.82 Å². The summed E-state index contributed by atoms with van der Waals surface area (Å²) >= 11 is 3.19. The molecular formula is C17H16BrN3O3. The Kier molecular flexibility index (Phi) is 4.53. The first-order valence-corrected chi connectivity index (χ1v) is 8.29. The molecule has 1 amide bonds. The minimum Gasteiger partial charge on any atom is -0.444 e. The second kappa shape index (κ2) is 6.60. The predicted molar refractivity (Wildman–Crippen MR) is 93.8 cm³/mol. The first kappa shape index (κ1) is 16.4. The molecular weight excluding hydrogens is 374 g/mol. The number of amides is 1. The average Bonchev–Trinajstić information content (AvgIpc) is 2.98. The maximum atomic E-state index is 12.6. The summed E-state index contributed by atoms with van der Waals surface area (Å²) < 4.78 is 5.83. The molecule has 0 spiro atoms. The molecule has 0 radical (unpaired) electrons. The Morgan fingerprint density at radius 1 is 1.29 bits per heavy atom. The molecule has 2 heterocycles. The van der Waals surface area contributed by atoms with Gasteiger partial charge in [-0.2, -0.15) is 0 Å². The van der Waals surface area contributed by atoms with Gasteiger partial charge >= 0.3 is 0 Å². The fourth-order valence-corrected chi connectivity index (χ4v) is 2.74. The molecule has 3 aromatic rings. The zero-order chi connectivity index (χ0) is 17.3. The van der Waals surface area contributed by atoms with Crippen LogP contribution in [0.2, 0.25) is 0 Å². The van der Waals surface area contributed by atoms with Gasteiger partial charge in [-0.15, -0.1) is 0 Å². The van der Waals surface area contributed by atoms with Gasteiger partial charge in [0.05, 0.1) is 17.4 Å². The summed E-state index contributed by atoms with van der Waals surface area (Å²) in [6.45, 7) is 3.99. The lowest BCUT2D eigenvalue weighted by Gasteiger charge is -2.25. The summed E-state index contributed by atoms with van der Waals surface area (Å²) in [5, 5.41) is 0.527. The van der Waals surface area contributed by atoms with Crippen LogP contribution in [0.25, 0.3) is 10.9 Å². The first-order valence-electron chi connectivity index (χ1n) is 7.50. The second-order valence-corrected chi connectivity index (χ2v) is 6.44. The number of carbonyl (C=O) groups excluding carboxylic acids is 1. The minimum atomic E-state index is -0.258. The van der Waals surface area contributed by atoms with E-state index >= 15 is 0 Å². The number of hydrogen-bond acceptors (Lipinski definition) is 4. The Bertz CT molecular complexity index is 945. The van der Waals surface area contributed by atoms with E-state index in [9.17, 15) is 9.59 Å². The van der Waals surface area contributed by atoms with E-state index in [0.717, 1.165) is 0 Å². The predicted octanol–water partition coefficient (Wildman–Crippen LogP) is 3.33. The number of nitrogens with zero attached hydrogens (tertiary/aromatic N) is 2. The van der Waals surface area contributed by atoms with Crippen LogP contribution in [0.1, 0.15) is 30.2 Å². The van der Waals surface area contributed by atoms with E-state index in [1.54, 1.807) is 35.2 Å². The Morgan fingerprint density at radius 3 is 2.71 bits per heavy atom. The largest absolute Gasteiger partial charge is 0.444 e. The zero-order valence-electron chi connectivity index (χ0n) is 13.2. The summed E-state index contributed by atoms with van der Waals surface area (Å²) in [6.07, 6.45) is 0. The van der Waals surface area contributed by atoms with Crippen molar-refractivity contribution in [2.75, 3.05) is 0 Å². The molecule has 2 aromatic heterocycles. The van der Waals surface area contributed by atoms with Gasteiger partial charge in [-0.3, -0.25) is 9.59 Å². The van der Waals surface area contributed by atoms with Crippen LogP contribution in [0.4, 0.5) is 0 Å². The van der Waals surface area contributed by atoms with Crippen molar-refractivity contribution >= 4 is 32.7 Å². The number of para-hydroxylation sites is 1. The van der Waals surface area contributed by atoms with Gasteiger partial charge in [0.2, 0.25) is 0 Å². The van der Waals surface area contributed by atoms with Crippen molar-refractivity contribution in [1.29, 1.82) is 0 Å². The third kappa shape index (κ3) is 3.26. The third-order valence-corrected chi connectivity index (χ3v) is 4.08. The molecule has 24 heavy (non-hydrogen) atoms. The van der Waals surface area contributed by atoms with E-state index < -0.39 is 0 Å². The highest BCUT2D eigenvalue weighted by molar-refractivity contribution is 9.10. The maximum absolute atomic E-state index is 12.6. The van der Waals surface area contributed by atoms with Crippen LogP contribution in [0.5, 0.6) is 0 Å². The standard InChI is InChI=1S/C17H16BrN3O3/c1-10(2)21(17(23)13-7-8-14(18)24-13)9-15-19-12-6-4-3-5-11(12)16(22)20-15/h3-8,10H,9H2,1-2H3,(H,19,20,22). The lowest BCUT2D eigenvalue weighted by Crippen LogP contribution is -2.37. The summed E-state index contributed by atoms with van der Waals surface area (Å²) in [5.41, 5.74) is 0.389. The smallest absolute Gasteiger partial charge is 0.290 e. The van der Waals surface area contributed by atoms with Gasteiger partial charge in [-0.05, 0) is 54.0 Å². The molecule has 0 saturated carbocycles. The monoisotopic (exact) mass is 389 g/mol. The number of fused-ring (bicyclic) bond motifs is 1. The lowest BCUT2D eigenvalue weighted by atomic mass is 10.2. The van der Waals surface area contributed by atoms with Gasteiger partial charge in [-0.1, -0.05) is 12.1 Å². The maximum Gasteiger partial charge on any atom is 0.290 e. The molecule has 3 rings (SSSR count). The fraction of sp³-hybridized carbons (Fsp3) is 0.235. The fourth-order valence-electron chi connectivity index (χ4n) is 2.43. The molecule has 0 bridgehead atoms. The van der Waals surface area contributed by atoms with Crippen molar-refractivity contribution in [3.05, 3.63) is 63.0 Å². The Morgan fingerprint density at radius 2 is 2.04 bits per heavy atom. The number of hydrogen-bond donors (Lipinski definition) is 1. The highest BCUT2D eigenvalue weighted by Gasteiger charge is 2.23. The molecule has 1 N–H and O–H groups in total. The van der Waals surface area contributed by atoms with Gasteiger partial charge in [0.25, 0.3) is 11.5 Å². The zero-order valence-corrected chi connectivity index (χ0v) is 14.8. The summed E-state index contributed by atoms with van der Waals surface area (Å²) in [7, 11) is 0. The van der Waals surface area contributed by atoms with Crippen LogP contribution in [0.15, 0.2) is 50.3 Å². The van der Waals surface area contributed by atoms with Crippen molar-refractivity contribution in [3.63, 3.8) is 0 Å². The van der Waals surface area contributed by atoms with E-state index in [4.69, 9.17) is 4.42 Å². The molecule has 0 atom stereocenters. The second-order valence-electron chi connectivity index (χ2n) is 5.66. The molecule has 0 aliphatic carbocycles. The molecule has 1 aromatic carbocycles. The van der Waals surface area contributed by atoms with Crippen LogP contribution < -0.4 is 5.56 Å². The Hall–Kier alpha value is -2.41. The lowest BCUT2D eigenvalue weighted by molar-refractivity contribution is 0.0650. The highest BCUT2D eigenvalue weighted by Crippen LogP contribution is 2.18. The van der Waals surface area contributed by atoms with E-state index in [0.29, 0.717) is 21.4 Å². The quantitative estimate of drug-likeness (QED) is 0.741. The van der Waals surface area contributed by atoms with Crippen LogP contribution in [-0.4, -0.2) is 26.8 Å². The SMILES string of the molecule is CC(C)N(Cc1nc2ccccc2c(=O)[nH]1)C(=O)c1ccc(Br)o1. The minimum absolute atomic E-state index is 0.0850. The van der Waals surface area contributed by atoms with Crippen molar-refractivity contribution in [2.45, 2.75) is 26.4 Å². The van der Waals surface area contributed by atoms with Gasteiger partial charge in [0.15, 0.2) is 10.4 Å². The van der Waals surface area contributed by atoms with Crippen molar-refractivity contribution in [3.8, 4) is 0 Å². The topological polar surface area (TPSA) is 79.2 Å². The molecule has 0 unspecified atom stereocenters. The number of furan rings is 1. The van der Waals surface area contributed by atoms with E-state index in [-0.39, 0.29) is 29.8 Å². The summed E-state index contributed by atoms with van der Waals surface area (Å²) in [5.74, 6) is 0.414. The number of carbonyl (C=O) groups is 1. The number of benzene rings is 1. The molecule has 0 saturated heterocycles. The molecule has 7 heteroatoms. The normalized spacial score (nSPS) is 11.2. The van der Waals surface area contributed by atoms with Crippen molar-refractivity contribution in [2.24, 2.45) is 0 Å². The van der Waals surface area contributed by atoms with Crippen molar-refractivity contribution < 1.29 is 9.21 Å². The van der Waals surface area contributed by atoms with E-state index in [1.165, 1.54) is 0 Å². The molecule has 0 fully saturated rings. The average molecular weight is 390 g/mol. The third-order valence-electron chi connectivity index (χ3n) is 3.65. The number of halogens is 1. The van der Waals surface area contributed by atoms with Gasteiger partial charge in [0, 0.05) is 6.04 Å².